The number of rotatable bonds is 7. The number of nitrogens with one attached hydrogen (secondary N) is 2. The van der Waals surface area contributed by atoms with Crippen molar-refractivity contribution in [2.24, 2.45) is 0 Å². The van der Waals surface area contributed by atoms with E-state index in [1.54, 1.807) is 17.0 Å². The van der Waals surface area contributed by atoms with Crippen LogP contribution in [0.1, 0.15) is 25.6 Å². The van der Waals surface area contributed by atoms with Crippen LogP contribution in [0.2, 0.25) is 0 Å². The lowest BCUT2D eigenvalue weighted by Crippen LogP contribution is -2.24. The Balaban J connectivity index is 1.85. The molecule has 2 aromatic rings. The molecule has 2 heterocycles. The van der Waals surface area contributed by atoms with E-state index in [1.165, 1.54) is 6.33 Å². The number of hydrogen-bond donors (Lipinski definition) is 2. The quantitative estimate of drug-likeness (QED) is 0.721. The second-order valence-corrected chi connectivity index (χ2v) is 4.24. The molecule has 0 aliphatic carbocycles. The van der Waals surface area contributed by atoms with Gasteiger partial charge in [-0.05, 0) is 12.8 Å². The molecule has 0 saturated heterocycles. The van der Waals surface area contributed by atoms with Crippen LogP contribution in [0.25, 0.3) is 0 Å². The summed E-state index contributed by atoms with van der Waals surface area (Å²) < 4.78 is 1.67. The van der Waals surface area contributed by atoms with Crippen molar-refractivity contribution < 1.29 is 0 Å². The van der Waals surface area contributed by atoms with Crippen LogP contribution in [0.5, 0.6) is 0 Å². The Morgan fingerprint density at radius 1 is 1.42 bits per heavy atom. The maximum atomic E-state index is 12.0. The fourth-order valence-electron chi connectivity index (χ4n) is 1.80. The number of anilines is 1. The number of aromatic amines is 1. The van der Waals surface area contributed by atoms with Gasteiger partial charge in [0.15, 0.2) is 5.82 Å². The van der Waals surface area contributed by atoms with Crippen molar-refractivity contribution in [1.82, 2.24) is 24.7 Å². The fourth-order valence-corrected chi connectivity index (χ4v) is 1.80. The molecule has 0 unspecified atom stereocenters. The maximum absolute atomic E-state index is 12.0. The summed E-state index contributed by atoms with van der Waals surface area (Å²) >= 11 is 0. The zero-order valence-electron chi connectivity index (χ0n) is 11.0. The van der Waals surface area contributed by atoms with E-state index >= 15 is 0 Å². The van der Waals surface area contributed by atoms with E-state index < -0.39 is 0 Å². The summed E-state index contributed by atoms with van der Waals surface area (Å²) in [4.78, 5) is 20.1. The van der Waals surface area contributed by atoms with Gasteiger partial charge < -0.3 is 9.88 Å². The predicted octanol–water partition coefficient (Wildman–Crippen LogP) is 0.816. The number of nitrogens with zero attached hydrogens (tertiary/aromatic N) is 4. The van der Waals surface area contributed by atoms with Crippen LogP contribution in [-0.4, -0.2) is 31.3 Å². The molecule has 2 aromatic heterocycles. The van der Waals surface area contributed by atoms with E-state index in [9.17, 15) is 4.79 Å². The van der Waals surface area contributed by atoms with Gasteiger partial charge in [-0.2, -0.15) is 5.10 Å². The molecule has 7 heteroatoms. The predicted molar refractivity (Wildman–Crippen MR) is 72.0 cm³/mol. The second kappa shape index (κ2) is 6.67. The first-order chi connectivity index (χ1) is 9.31. The molecule has 0 fully saturated rings. The smallest absolute Gasteiger partial charge is 0.293 e. The molecule has 0 radical (unpaired) electrons. The normalized spacial score (nSPS) is 10.6. The first-order valence-corrected chi connectivity index (χ1v) is 6.45. The summed E-state index contributed by atoms with van der Waals surface area (Å²) in [7, 11) is 0. The monoisotopic (exact) mass is 262 g/mol. The van der Waals surface area contributed by atoms with E-state index in [4.69, 9.17) is 0 Å². The fraction of sp³-hybridized carbons (Fsp3) is 0.500. The Morgan fingerprint density at radius 2 is 2.32 bits per heavy atom. The van der Waals surface area contributed by atoms with Gasteiger partial charge in [-0.15, -0.1) is 0 Å². The van der Waals surface area contributed by atoms with Crippen LogP contribution in [0.4, 0.5) is 5.82 Å². The van der Waals surface area contributed by atoms with Gasteiger partial charge in [0.05, 0.1) is 0 Å². The molecule has 2 N–H and O–H groups in total. The summed E-state index contributed by atoms with van der Waals surface area (Å²) in [5.74, 6) is 1.26. The van der Waals surface area contributed by atoms with Gasteiger partial charge in [0, 0.05) is 31.9 Å². The molecule has 19 heavy (non-hydrogen) atoms. The summed E-state index contributed by atoms with van der Waals surface area (Å²) in [5, 5.41) is 9.65. The van der Waals surface area contributed by atoms with Gasteiger partial charge >= 0.3 is 0 Å². The second-order valence-electron chi connectivity index (χ2n) is 4.24. The van der Waals surface area contributed by atoms with Crippen LogP contribution < -0.4 is 10.9 Å². The average molecular weight is 262 g/mol. The van der Waals surface area contributed by atoms with E-state index in [0.29, 0.717) is 18.9 Å². The average Bonchev–Trinajstić information content (AvgIpc) is 2.92. The van der Waals surface area contributed by atoms with Crippen LogP contribution in [0.3, 0.4) is 0 Å². The van der Waals surface area contributed by atoms with Crippen molar-refractivity contribution in [3.63, 3.8) is 0 Å². The van der Waals surface area contributed by atoms with Crippen LogP contribution in [-0.2, 0) is 13.0 Å². The number of aromatic nitrogens is 5. The van der Waals surface area contributed by atoms with Crippen molar-refractivity contribution in [3.05, 3.63) is 34.9 Å². The zero-order valence-corrected chi connectivity index (χ0v) is 11.0. The molecule has 0 saturated carbocycles. The van der Waals surface area contributed by atoms with E-state index in [0.717, 1.165) is 25.1 Å². The van der Waals surface area contributed by atoms with Gasteiger partial charge in [0.2, 0.25) is 0 Å². The van der Waals surface area contributed by atoms with Crippen molar-refractivity contribution in [1.29, 1.82) is 0 Å². The molecule has 7 nitrogen and oxygen atoms in total. The lowest BCUT2D eigenvalue weighted by atomic mass is 10.3. The summed E-state index contributed by atoms with van der Waals surface area (Å²) in [6.45, 7) is 3.44. The summed E-state index contributed by atoms with van der Waals surface area (Å²) in [5.41, 5.74) is -0.0657. The molecule has 0 amide bonds. The lowest BCUT2D eigenvalue weighted by Gasteiger charge is -2.07. The molecule has 2 rings (SSSR count). The molecular formula is C12H18N6O. The third kappa shape index (κ3) is 3.64. The molecule has 0 atom stereocenters. The topological polar surface area (TPSA) is 88.5 Å². The van der Waals surface area contributed by atoms with Crippen molar-refractivity contribution >= 4 is 5.82 Å². The van der Waals surface area contributed by atoms with E-state index in [2.05, 4.69) is 25.5 Å². The minimum Gasteiger partial charge on any atom is -0.365 e. The highest BCUT2D eigenvalue weighted by Crippen LogP contribution is 1.97. The Bertz CT molecular complexity index is 548. The number of hydrogen-bond acceptors (Lipinski definition) is 5. The van der Waals surface area contributed by atoms with Gasteiger partial charge in [-0.25, -0.2) is 9.97 Å². The Labute approximate surface area is 111 Å². The minimum absolute atomic E-state index is 0.0657. The lowest BCUT2D eigenvalue weighted by molar-refractivity contribution is 0.649. The highest BCUT2D eigenvalue weighted by atomic mass is 16.1. The third-order valence-electron chi connectivity index (χ3n) is 2.73. The van der Waals surface area contributed by atoms with E-state index in [-0.39, 0.29) is 5.56 Å². The molecule has 102 valence electrons. The van der Waals surface area contributed by atoms with Gasteiger partial charge in [0.25, 0.3) is 5.56 Å². The molecule has 0 aliphatic heterocycles. The van der Waals surface area contributed by atoms with Crippen LogP contribution in [0.15, 0.2) is 23.5 Å². The van der Waals surface area contributed by atoms with Crippen molar-refractivity contribution in [2.45, 2.75) is 32.7 Å². The van der Waals surface area contributed by atoms with Crippen LogP contribution >= 0.6 is 0 Å². The molecule has 0 aromatic carbocycles. The number of H-pyrrole nitrogens is 1. The van der Waals surface area contributed by atoms with E-state index in [1.807, 2.05) is 6.92 Å². The third-order valence-corrected chi connectivity index (χ3v) is 2.73. The summed E-state index contributed by atoms with van der Waals surface area (Å²) in [6.07, 6.45) is 7.43. The van der Waals surface area contributed by atoms with Gasteiger partial charge in [-0.1, -0.05) is 6.92 Å². The van der Waals surface area contributed by atoms with Gasteiger partial charge in [0.1, 0.15) is 12.2 Å². The van der Waals surface area contributed by atoms with Crippen molar-refractivity contribution in [2.75, 3.05) is 11.9 Å². The maximum Gasteiger partial charge on any atom is 0.293 e. The first-order valence-electron chi connectivity index (χ1n) is 6.45. The highest BCUT2D eigenvalue weighted by Gasteiger charge is 2.03. The van der Waals surface area contributed by atoms with Crippen LogP contribution in [0, 0.1) is 0 Å². The van der Waals surface area contributed by atoms with Crippen molar-refractivity contribution in [3.8, 4) is 0 Å². The Hall–Kier alpha value is -2.18. The molecule has 0 spiro atoms. The first kappa shape index (κ1) is 13.3. The minimum atomic E-state index is -0.0657. The molecule has 0 aliphatic rings. The molecule has 0 bridgehead atoms. The van der Waals surface area contributed by atoms with Gasteiger partial charge in [-0.3, -0.25) is 9.89 Å². The Kier molecular flexibility index (Phi) is 4.66. The summed E-state index contributed by atoms with van der Waals surface area (Å²) in [6, 6.07) is 0. The zero-order chi connectivity index (χ0) is 13.5. The highest BCUT2D eigenvalue weighted by molar-refractivity contribution is 5.30. The molecular weight excluding hydrogens is 244 g/mol. The Morgan fingerprint density at radius 3 is 3.05 bits per heavy atom. The number of aryl methyl sites for hydroxylation is 2. The largest absolute Gasteiger partial charge is 0.365 e. The standard InChI is InChI=1S/C12H18N6O/c1-2-7-18-8-6-14-11(12(18)19)13-5-3-4-10-15-9-16-17-10/h6,8-9H,2-5,7H2,1H3,(H,13,14)(H,15,16,17). The SMILES string of the molecule is CCCn1ccnc(NCCCc2ncn[nH]2)c1=O.